The highest BCUT2D eigenvalue weighted by Gasteiger charge is 2.61. The molecule has 116 valence electrons. The van der Waals surface area contributed by atoms with Crippen LogP contribution in [0.1, 0.15) is 6.42 Å². The first-order chi connectivity index (χ1) is 9.76. The van der Waals surface area contributed by atoms with Gasteiger partial charge in [-0.2, -0.15) is 13.2 Å². The number of nitrogens with zero attached hydrogens (tertiary/aromatic N) is 1. The molecule has 2 N–H and O–H groups in total. The summed E-state index contributed by atoms with van der Waals surface area (Å²) >= 11 is 0. The molecule has 1 amide bonds. The predicted octanol–water partition coefficient (Wildman–Crippen LogP) is 2.23. The minimum atomic E-state index is -4.57. The molecule has 1 saturated heterocycles. The predicted molar refractivity (Wildman–Crippen MR) is 75.4 cm³/mol. The Morgan fingerprint density at radius 1 is 1.38 bits per heavy atom. The maximum Gasteiger partial charge on any atom is 0.404 e. The minimum Gasteiger partial charge on any atom is -0.378 e. The number of hydrogen-bond donors (Lipinski definition) is 2. The summed E-state index contributed by atoms with van der Waals surface area (Å²) in [7, 11) is 3.64. The van der Waals surface area contributed by atoms with Gasteiger partial charge >= 0.3 is 6.18 Å². The fraction of sp³-hybridized carbons (Fsp3) is 0.500. The molecule has 0 aromatic heterocycles. The van der Waals surface area contributed by atoms with E-state index in [4.69, 9.17) is 0 Å². The largest absolute Gasteiger partial charge is 0.404 e. The van der Waals surface area contributed by atoms with Crippen LogP contribution >= 0.6 is 0 Å². The van der Waals surface area contributed by atoms with Crippen molar-refractivity contribution in [3.63, 3.8) is 0 Å². The van der Waals surface area contributed by atoms with Crippen LogP contribution in [0.2, 0.25) is 0 Å². The Morgan fingerprint density at radius 2 is 2.10 bits per heavy atom. The summed E-state index contributed by atoms with van der Waals surface area (Å²) in [6.07, 6.45) is -4.81. The smallest absolute Gasteiger partial charge is 0.378 e. The third-order valence-electron chi connectivity index (χ3n) is 3.75. The molecule has 2 rings (SSSR count). The van der Waals surface area contributed by atoms with Gasteiger partial charge < -0.3 is 15.5 Å². The van der Waals surface area contributed by atoms with Gasteiger partial charge in [-0.3, -0.25) is 4.79 Å². The van der Waals surface area contributed by atoms with Gasteiger partial charge in [0.15, 0.2) is 5.41 Å². The van der Waals surface area contributed by atoms with Crippen LogP contribution in [0.3, 0.4) is 0 Å². The van der Waals surface area contributed by atoms with E-state index in [0.717, 1.165) is 5.69 Å². The summed E-state index contributed by atoms with van der Waals surface area (Å²) < 4.78 is 39.8. The molecule has 0 saturated carbocycles. The van der Waals surface area contributed by atoms with Gasteiger partial charge in [0.05, 0.1) is 0 Å². The van der Waals surface area contributed by atoms with Crippen LogP contribution in [-0.2, 0) is 4.79 Å². The fourth-order valence-electron chi connectivity index (χ4n) is 2.37. The van der Waals surface area contributed by atoms with Gasteiger partial charge in [0.1, 0.15) is 0 Å². The molecule has 1 heterocycles. The maximum atomic E-state index is 13.3. The van der Waals surface area contributed by atoms with E-state index >= 15 is 0 Å². The molecule has 7 heteroatoms. The molecule has 1 aromatic carbocycles. The summed E-state index contributed by atoms with van der Waals surface area (Å²) in [5.74, 6) is -1.00. The van der Waals surface area contributed by atoms with Gasteiger partial charge in [0, 0.05) is 32.0 Å². The monoisotopic (exact) mass is 301 g/mol. The Bertz CT molecular complexity index is 522. The van der Waals surface area contributed by atoms with Crippen molar-refractivity contribution in [1.29, 1.82) is 0 Å². The van der Waals surface area contributed by atoms with E-state index in [-0.39, 0.29) is 19.5 Å². The van der Waals surface area contributed by atoms with Crippen LogP contribution in [-0.4, -0.2) is 39.3 Å². The van der Waals surface area contributed by atoms with Crippen molar-refractivity contribution in [2.24, 2.45) is 5.41 Å². The number of amides is 1. The Balaban J connectivity index is 2.22. The van der Waals surface area contributed by atoms with E-state index in [0.29, 0.717) is 5.69 Å². The molecule has 0 aliphatic carbocycles. The first-order valence-electron chi connectivity index (χ1n) is 6.62. The summed E-state index contributed by atoms with van der Waals surface area (Å²) in [5.41, 5.74) is -1.18. The van der Waals surface area contributed by atoms with E-state index in [2.05, 4.69) is 10.6 Å². The number of anilines is 2. The van der Waals surface area contributed by atoms with E-state index < -0.39 is 17.5 Å². The molecule has 1 unspecified atom stereocenters. The molecule has 0 radical (unpaired) electrons. The molecule has 21 heavy (non-hydrogen) atoms. The number of benzene rings is 1. The second-order valence-electron chi connectivity index (χ2n) is 5.41. The highest BCUT2D eigenvalue weighted by molar-refractivity contribution is 5.96. The van der Waals surface area contributed by atoms with Crippen molar-refractivity contribution in [1.82, 2.24) is 5.32 Å². The van der Waals surface area contributed by atoms with Gasteiger partial charge in [-0.05, 0) is 31.2 Å². The summed E-state index contributed by atoms with van der Waals surface area (Å²) in [4.78, 5) is 14.0. The highest BCUT2D eigenvalue weighted by Crippen LogP contribution is 2.43. The topological polar surface area (TPSA) is 44.4 Å². The lowest BCUT2D eigenvalue weighted by atomic mass is 9.85. The summed E-state index contributed by atoms with van der Waals surface area (Å²) in [6.45, 7) is -0.194. The Hall–Kier alpha value is -1.76. The highest BCUT2D eigenvalue weighted by atomic mass is 19.4. The van der Waals surface area contributed by atoms with Crippen LogP contribution in [0.15, 0.2) is 24.3 Å². The van der Waals surface area contributed by atoms with Gasteiger partial charge in [-0.15, -0.1) is 0 Å². The van der Waals surface area contributed by atoms with Gasteiger partial charge in [-0.25, -0.2) is 0 Å². The number of carbonyl (C=O) groups is 1. The number of rotatable bonds is 3. The van der Waals surface area contributed by atoms with Crippen molar-refractivity contribution in [2.75, 3.05) is 37.4 Å². The standard InChI is InChI=1S/C14H18F3N3O/c1-20(2)11-5-3-4-10(8-11)19-12(21)13(14(15,16)17)6-7-18-9-13/h3-5,8,18H,6-7,9H2,1-2H3,(H,19,21). The zero-order valence-corrected chi connectivity index (χ0v) is 11.9. The lowest BCUT2D eigenvalue weighted by Crippen LogP contribution is -2.49. The summed E-state index contributed by atoms with van der Waals surface area (Å²) in [5, 5.41) is 5.03. The van der Waals surface area contributed by atoms with Crippen molar-refractivity contribution in [3.05, 3.63) is 24.3 Å². The minimum absolute atomic E-state index is 0.185. The number of nitrogens with one attached hydrogen (secondary N) is 2. The molecule has 1 atom stereocenters. The molecule has 1 aliphatic heterocycles. The molecule has 4 nitrogen and oxygen atoms in total. The number of carbonyl (C=O) groups excluding carboxylic acids is 1. The van der Waals surface area contributed by atoms with Crippen LogP contribution in [0.25, 0.3) is 0 Å². The normalized spacial score (nSPS) is 22.1. The molecule has 0 bridgehead atoms. The molecule has 0 spiro atoms. The van der Waals surface area contributed by atoms with Crippen molar-refractivity contribution in [2.45, 2.75) is 12.6 Å². The van der Waals surface area contributed by atoms with Crippen molar-refractivity contribution in [3.8, 4) is 0 Å². The summed E-state index contributed by atoms with van der Waals surface area (Å²) in [6, 6.07) is 6.73. The quantitative estimate of drug-likeness (QED) is 0.900. The van der Waals surface area contributed by atoms with E-state index in [1.807, 2.05) is 25.1 Å². The van der Waals surface area contributed by atoms with Gasteiger partial charge in [0.25, 0.3) is 0 Å². The van der Waals surface area contributed by atoms with Gasteiger partial charge in [0.2, 0.25) is 5.91 Å². The lowest BCUT2D eigenvalue weighted by molar-refractivity contribution is -0.213. The van der Waals surface area contributed by atoms with Crippen molar-refractivity contribution >= 4 is 17.3 Å². The molecular weight excluding hydrogens is 283 g/mol. The van der Waals surface area contributed by atoms with E-state index in [1.54, 1.807) is 18.2 Å². The average molecular weight is 301 g/mol. The third-order valence-corrected chi connectivity index (χ3v) is 3.75. The zero-order chi connectivity index (χ0) is 15.7. The van der Waals surface area contributed by atoms with Crippen LogP contribution in [0.5, 0.6) is 0 Å². The second kappa shape index (κ2) is 5.55. The fourth-order valence-corrected chi connectivity index (χ4v) is 2.37. The molecular formula is C14H18F3N3O. The Labute approximate surface area is 121 Å². The maximum absolute atomic E-state index is 13.3. The van der Waals surface area contributed by atoms with Crippen LogP contribution in [0.4, 0.5) is 24.5 Å². The lowest BCUT2D eigenvalue weighted by Gasteiger charge is -2.29. The molecule has 1 fully saturated rings. The van der Waals surface area contributed by atoms with Gasteiger partial charge in [-0.1, -0.05) is 6.07 Å². The average Bonchev–Trinajstić information content (AvgIpc) is 2.89. The van der Waals surface area contributed by atoms with Crippen LogP contribution < -0.4 is 15.5 Å². The second-order valence-corrected chi connectivity index (χ2v) is 5.41. The Morgan fingerprint density at radius 3 is 2.62 bits per heavy atom. The van der Waals surface area contributed by atoms with Crippen molar-refractivity contribution < 1.29 is 18.0 Å². The molecule has 1 aromatic rings. The number of halogens is 3. The van der Waals surface area contributed by atoms with E-state index in [1.165, 1.54) is 0 Å². The third kappa shape index (κ3) is 2.97. The first-order valence-corrected chi connectivity index (χ1v) is 6.62. The first kappa shape index (κ1) is 15.6. The number of hydrogen-bond acceptors (Lipinski definition) is 3. The zero-order valence-electron chi connectivity index (χ0n) is 11.9. The van der Waals surface area contributed by atoms with Crippen LogP contribution in [0, 0.1) is 5.41 Å². The van der Waals surface area contributed by atoms with E-state index in [9.17, 15) is 18.0 Å². The SMILES string of the molecule is CN(C)c1cccc(NC(=O)C2(C(F)(F)F)CCNC2)c1. The molecule has 1 aliphatic rings. The Kier molecular flexibility index (Phi) is 4.13. The number of alkyl halides is 3.